The van der Waals surface area contributed by atoms with Crippen LogP contribution in [0.3, 0.4) is 0 Å². The minimum Gasteiger partial charge on any atom is -0.400 e. The number of hydrogen-bond donors (Lipinski definition) is 0. The topological polar surface area (TPSA) is 94.6 Å². The van der Waals surface area contributed by atoms with Gasteiger partial charge in [-0.15, -0.1) is 0 Å². The molecule has 0 saturated carbocycles. The van der Waals surface area contributed by atoms with Crippen molar-refractivity contribution in [2.24, 2.45) is 0 Å². The monoisotopic (exact) mass is 488 g/mol. The van der Waals surface area contributed by atoms with Crippen molar-refractivity contribution in [3.8, 4) is 5.75 Å². The van der Waals surface area contributed by atoms with Crippen molar-refractivity contribution in [1.82, 2.24) is 0 Å². The second kappa shape index (κ2) is 6.97. The summed E-state index contributed by atoms with van der Waals surface area (Å²) in [4.78, 5) is 0. The smallest absolute Gasteiger partial charge is 0.400 e. The van der Waals surface area contributed by atoms with Gasteiger partial charge in [-0.3, -0.25) is 0 Å². The number of halogens is 9. The Bertz CT molecular complexity index is 1010. The highest BCUT2D eigenvalue weighted by Crippen LogP contribution is 2.39. The lowest BCUT2D eigenvalue weighted by Gasteiger charge is -2.21. The van der Waals surface area contributed by atoms with E-state index in [-0.39, 0.29) is 0 Å². The zero-order valence-electron chi connectivity index (χ0n) is 12.5. The van der Waals surface area contributed by atoms with Crippen LogP contribution in [0.15, 0.2) is 30.3 Å². The molecule has 0 aromatic heterocycles. The first-order chi connectivity index (χ1) is 12.2. The highest BCUT2D eigenvalue weighted by molar-refractivity contribution is 8.44. The van der Waals surface area contributed by atoms with Gasteiger partial charge >= 0.3 is 16.5 Å². The molecule has 1 atom stereocenters. The molecular formula is C10H5F9O6S3. The SMILES string of the molecule is O=S(=O)(C(S(=O)(=O)C(F)(F)F)=S(=O)(Oc1ccccc1)C(F)(F)F)C(F)(F)F. The average molecular weight is 488 g/mol. The van der Waals surface area contributed by atoms with Gasteiger partial charge in [-0.1, -0.05) is 18.2 Å². The fourth-order valence-electron chi connectivity index (χ4n) is 1.41. The van der Waals surface area contributed by atoms with Crippen LogP contribution in [-0.2, 0) is 29.5 Å². The highest BCUT2D eigenvalue weighted by Gasteiger charge is 2.67. The van der Waals surface area contributed by atoms with E-state index in [4.69, 9.17) is 0 Å². The third kappa shape index (κ3) is 4.17. The van der Waals surface area contributed by atoms with Gasteiger partial charge in [0.05, 0.1) is 0 Å². The summed E-state index contributed by atoms with van der Waals surface area (Å²) in [5, 5.41) is 0. The van der Waals surface area contributed by atoms with E-state index < -0.39 is 55.3 Å². The average Bonchev–Trinajstić information content (AvgIpc) is 2.43. The molecule has 1 rings (SSSR count). The van der Waals surface area contributed by atoms with E-state index in [1.54, 1.807) is 0 Å². The van der Waals surface area contributed by atoms with Gasteiger partial charge in [-0.05, 0) is 12.1 Å². The third-order valence-corrected chi connectivity index (χ3v) is 10.1. The van der Waals surface area contributed by atoms with Crippen LogP contribution in [0.4, 0.5) is 39.5 Å². The molecule has 18 heteroatoms. The Morgan fingerprint density at radius 2 is 1.00 bits per heavy atom. The van der Waals surface area contributed by atoms with E-state index in [1.165, 1.54) is 0 Å². The van der Waals surface area contributed by atoms with Crippen molar-refractivity contribution in [1.29, 1.82) is 0 Å². The van der Waals surface area contributed by atoms with Crippen LogP contribution in [-0.4, -0.2) is 41.1 Å². The molecular weight excluding hydrogens is 483 g/mol. The predicted molar refractivity (Wildman–Crippen MR) is 76.2 cm³/mol. The molecule has 0 aliphatic rings. The van der Waals surface area contributed by atoms with Crippen LogP contribution in [0.25, 0.3) is 0 Å². The second-order valence-corrected chi connectivity index (χ2v) is 11.1. The third-order valence-electron chi connectivity index (χ3n) is 2.53. The van der Waals surface area contributed by atoms with Gasteiger partial charge in [0.15, 0.2) is 0 Å². The molecule has 0 aliphatic carbocycles. The number of hydrogen-bond acceptors (Lipinski definition) is 6. The zero-order valence-corrected chi connectivity index (χ0v) is 14.9. The fourth-order valence-corrected chi connectivity index (χ4v) is 7.89. The van der Waals surface area contributed by atoms with Crippen LogP contribution in [0.2, 0.25) is 0 Å². The van der Waals surface area contributed by atoms with E-state index in [1.807, 2.05) is 0 Å². The molecule has 0 heterocycles. The van der Waals surface area contributed by atoms with Crippen LogP contribution in [0.5, 0.6) is 5.75 Å². The summed E-state index contributed by atoms with van der Waals surface area (Å²) in [5.74, 6) is -1.32. The quantitative estimate of drug-likeness (QED) is 0.470. The predicted octanol–water partition coefficient (Wildman–Crippen LogP) is 2.74. The number of alkyl halides is 9. The minimum atomic E-state index is -7.95. The fraction of sp³-hybridized carbons (Fsp3) is 0.300. The summed E-state index contributed by atoms with van der Waals surface area (Å²) < 4.78 is 172. The molecule has 1 unspecified atom stereocenters. The Labute approximate surface area is 151 Å². The van der Waals surface area contributed by atoms with E-state index in [2.05, 4.69) is 4.18 Å². The molecule has 1 aromatic rings. The van der Waals surface area contributed by atoms with Gasteiger partial charge in [0, 0.05) is 0 Å². The molecule has 0 N–H and O–H groups in total. The van der Waals surface area contributed by atoms with Crippen LogP contribution in [0, 0.1) is 0 Å². The van der Waals surface area contributed by atoms with Gasteiger partial charge in [0.25, 0.3) is 33.0 Å². The maximum atomic E-state index is 13.2. The molecule has 0 saturated heterocycles. The highest BCUT2D eigenvalue weighted by atomic mass is 32.3. The lowest BCUT2D eigenvalue weighted by Crippen LogP contribution is -2.49. The Morgan fingerprint density at radius 3 is 1.29 bits per heavy atom. The van der Waals surface area contributed by atoms with Crippen LogP contribution in [0.1, 0.15) is 0 Å². The minimum absolute atomic E-state index is 0.448. The summed E-state index contributed by atoms with van der Waals surface area (Å²) in [7, 11) is -23.4. The number of benzene rings is 1. The molecule has 0 fully saturated rings. The van der Waals surface area contributed by atoms with Gasteiger partial charge in [-0.25, -0.2) is 21.0 Å². The summed E-state index contributed by atoms with van der Waals surface area (Å²) >= 11 is 0. The Kier molecular flexibility index (Phi) is 6.06. The molecule has 0 amide bonds. The van der Waals surface area contributed by atoms with Crippen molar-refractivity contribution in [3.63, 3.8) is 0 Å². The van der Waals surface area contributed by atoms with Crippen LogP contribution >= 0.6 is 0 Å². The first-order valence-corrected chi connectivity index (χ1v) is 10.5. The second-order valence-electron chi connectivity index (χ2n) is 4.49. The van der Waals surface area contributed by atoms with Crippen molar-refractivity contribution in [2.75, 3.05) is 0 Å². The van der Waals surface area contributed by atoms with Crippen molar-refractivity contribution in [3.05, 3.63) is 30.3 Å². The molecule has 6 nitrogen and oxygen atoms in total. The van der Waals surface area contributed by atoms with Gasteiger partial charge < -0.3 is 4.18 Å². The molecule has 1 aromatic carbocycles. The summed E-state index contributed by atoms with van der Waals surface area (Å²) in [6, 6.07) is 3.61. The van der Waals surface area contributed by atoms with E-state index >= 15 is 0 Å². The first-order valence-electron chi connectivity index (χ1n) is 6.04. The Balaban J connectivity index is 4.31. The van der Waals surface area contributed by atoms with Crippen molar-refractivity contribution < 1.29 is 64.7 Å². The van der Waals surface area contributed by atoms with E-state index in [9.17, 15) is 60.6 Å². The van der Waals surface area contributed by atoms with E-state index in [0.717, 1.165) is 18.2 Å². The summed E-state index contributed by atoms with van der Waals surface area (Å²) in [5.41, 5.74) is -20.8. The maximum absolute atomic E-state index is 13.2. The molecule has 0 aliphatic heterocycles. The molecule has 0 spiro atoms. The molecule has 162 valence electrons. The van der Waals surface area contributed by atoms with E-state index in [0.29, 0.717) is 12.1 Å². The molecule has 28 heavy (non-hydrogen) atoms. The molecule has 0 radical (unpaired) electrons. The summed E-state index contributed by atoms with van der Waals surface area (Å²) in [6.45, 7) is 0. The van der Waals surface area contributed by atoms with Gasteiger partial charge in [0.1, 0.15) is 5.75 Å². The van der Waals surface area contributed by atoms with Crippen LogP contribution < -0.4 is 4.18 Å². The lowest BCUT2D eigenvalue weighted by molar-refractivity contribution is -0.0451. The van der Waals surface area contributed by atoms with Crippen molar-refractivity contribution in [2.45, 2.75) is 16.5 Å². The maximum Gasteiger partial charge on any atom is 0.503 e. The summed E-state index contributed by atoms with van der Waals surface area (Å²) in [6.07, 6.45) is 0. The molecule has 0 bridgehead atoms. The number of rotatable bonds is 2. The lowest BCUT2D eigenvalue weighted by atomic mass is 10.3. The number of sulfone groups is 2. The Hall–Kier alpha value is -1.69. The van der Waals surface area contributed by atoms with Crippen molar-refractivity contribution >= 4 is 33.0 Å². The van der Waals surface area contributed by atoms with Gasteiger partial charge in [-0.2, -0.15) is 39.5 Å². The zero-order chi connectivity index (χ0) is 22.4. The largest absolute Gasteiger partial charge is 0.503 e. The Morgan fingerprint density at radius 1 is 0.643 bits per heavy atom. The standard InChI is InChI=1S/C10H5F9O6S3/c11-8(12,13)26(20,21)7(27(22,23)9(14,15)16)28(24,10(17,18)19)25-6-4-2-1-3-5-6/h1-5H. The first kappa shape index (κ1) is 24.3. The normalized spacial score (nSPS) is 16.3. The van der Waals surface area contributed by atoms with Gasteiger partial charge in [0.2, 0.25) is 0 Å². The number of para-hydroxylation sites is 1.